The van der Waals surface area contributed by atoms with Gasteiger partial charge in [-0.2, -0.15) is 0 Å². The maximum atomic E-state index is 5.70. The molecule has 1 aliphatic carbocycles. The van der Waals surface area contributed by atoms with Gasteiger partial charge in [0.25, 0.3) is 0 Å². The SMILES string of the molecule is CCOc1ccc([C@H]2c3[nH]c4ccccc4c3C[C@@H]3CN(CC4CC4)CCN32)cc1. The van der Waals surface area contributed by atoms with E-state index < -0.39 is 0 Å². The summed E-state index contributed by atoms with van der Waals surface area (Å²) in [4.78, 5) is 9.30. The maximum absolute atomic E-state index is 5.70. The highest BCUT2D eigenvalue weighted by Crippen LogP contribution is 2.42. The smallest absolute Gasteiger partial charge is 0.119 e. The Hall–Kier alpha value is -2.30. The molecule has 4 heteroatoms. The van der Waals surface area contributed by atoms with Gasteiger partial charge >= 0.3 is 0 Å². The molecule has 0 spiro atoms. The van der Waals surface area contributed by atoms with Gasteiger partial charge in [0.2, 0.25) is 0 Å². The van der Waals surface area contributed by atoms with Crippen LogP contribution in [0.3, 0.4) is 0 Å². The Morgan fingerprint density at radius 1 is 1.03 bits per heavy atom. The number of H-pyrrole nitrogens is 1. The summed E-state index contributed by atoms with van der Waals surface area (Å²) in [5.74, 6) is 1.92. The molecule has 3 heterocycles. The number of aromatic nitrogens is 1. The highest BCUT2D eigenvalue weighted by molar-refractivity contribution is 5.85. The number of aromatic amines is 1. The number of rotatable bonds is 5. The minimum Gasteiger partial charge on any atom is -0.494 e. The lowest BCUT2D eigenvalue weighted by Crippen LogP contribution is -2.57. The average Bonchev–Trinajstić information content (AvgIpc) is 3.51. The topological polar surface area (TPSA) is 31.5 Å². The Balaban J connectivity index is 1.40. The third-order valence-electron chi connectivity index (χ3n) is 7.22. The van der Waals surface area contributed by atoms with Crippen molar-refractivity contribution in [2.75, 3.05) is 32.8 Å². The van der Waals surface area contributed by atoms with E-state index in [0.717, 1.165) is 24.6 Å². The summed E-state index contributed by atoms with van der Waals surface area (Å²) in [6.45, 7) is 7.58. The van der Waals surface area contributed by atoms with Crippen LogP contribution >= 0.6 is 0 Å². The summed E-state index contributed by atoms with van der Waals surface area (Å²) >= 11 is 0. The predicted octanol–water partition coefficient (Wildman–Crippen LogP) is 4.61. The highest BCUT2D eigenvalue weighted by atomic mass is 16.5. The zero-order valence-electron chi connectivity index (χ0n) is 17.8. The largest absolute Gasteiger partial charge is 0.494 e. The predicted molar refractivity (Wildman–Crippen MR) is 121 cm³/mol. The van der Waals surface area contributed by atoms with Gasteiger partial charge in [-0.3, -0.25) is 4.90 Å². The maximum Gasteiger partial charge on any atom is 0.119 e. The number of nitrogens with zero attached hydrogens (tertiary/aromatic N) is 2. The van der Waals surface area contributed by atoms with Gasteiger partial charge in [0.1, 0.15) is 5.75 Å². The van der Waals surface area contributed by atoms with E-state index in [1.807, 2.05) is 6.92 Å². The van der Waals surface area contributed by atoms with Crippen LogP contribution in [0, 0.1) is 5.92 Å². The highest BCUT2D eigenvalue weighted by Gasteiger charge is 2.41. The molecule has 30 heavy (non-hydrogen) atoms. The molecule has 1 aromatic heterocycles. The third kappa shape index (κ3) is 3.23. The Kier molecular flexibility index (Phi) is 4.58. The van der Waals surface area contributed by atoms with Gasteiger partial charge in [0, 0.05) is 48.8 Å². The fraction of sp³-hybridized carbons (Fsp3) is 0.462. The molecule has 0 unspecified atom stereocenters. The first kappa shape index (κ1) is 18.5. The average molecular weight is 402 g/mol. The second-order valence-corrected chi connectivity index (χ2v) is 9.27. The number of ether oxygens (including phenoxy) is 1. The van der Waals surface area contributed by atoms with Crippen LogP contribution in [0.4, 0.5) is 0 Å². The van der Waals surface area contributed by atoms with E-state index in [9.17, 15) is 0 Å². The van der Waals surface area contributed by atoms with E-state index in [0.29, 0.717) is 18.7 Å². The van der Waals surface area contributed by atoms with Gasteiger partial charge in [-0.25, -0.2) is 0 Å². The molecule has 6 rings (SSSR count). The summed E-state index contributed by atoms with van der Waals surface area (Å²) < 4.78 is 5.70. The van der Waals surface area contributed by atoms with Crippen LogP contribution in [-0.2, 0) is 6.42 Å². The summed E-state index contributed by atoms with van der Waals surface area (Å²) in [6.07, 6.45) is 4.02. The van der Waals surface area contributed by atoms with Crippen molar-refractivity contribution in [3.05, 3.63) is 65.4 Å². The van der Waals surface area contributed by atoms with Crippen molar-refractivity contribution in [1.29, 1.82) is 0 Å². The van der Waals surface area contributed by atoms with Crippen molar-refractivity contribution in [2.24, 2.45) is 5.92 Å². The first-order chi connectivity index (χ1) is 14.8. The normalized spacial score (nSPS) is 24.6. The van der Waals surface area contributed by atoms with Crippen molar-refractivity contribution in [2.45, 2.75) is 38.3 Å². The number of fused-ring (bicyclic) bond motifs is 4. The fourth-order valence-electron chi connectivity index (χ4n) is 5.63. The molecule has 0 bridgehead atoms. The lowest BCUT2D eigenvalue weighted by atomic mass is 9.86. The molecule has 2 fully saturated rings. The molecule has 2 atom stereocenters. The number of nitrogens with one attached hydrogen (secondary N) is 1. The second kappa shape index (κ2) is 7.44. The van der Waals surface area contributed by atoms with Crippen LogP contribution in [0.5, 0.6) is 5.75 Å². The molecule has 1 saturated heterocycles. The molecule has 3 aliphatic rings. The number of hydrogen-bond acceptors (Lipinski definition) is 3. The van der Waals surface area contributed by atoms with Crippen LogP contribution in [-0.4, -0.2) is 53.6 Å². The van der Waals surface area contributed by atoms with E-state index in [-0.39, 0.29) is 0 Å². The Bertz CT molecular complexity index is 1040. The van der Waals surface area contributed by atoms with Gasteiger partial charge in [0.15, 0.2) is 0 Å². The van der Waals surface area contributed by atoms with Crippen molar-refractivity contribution in [3.63, 3.8) is 0 Å². The number of para-hydroxylation sites is 1. The summed E-state index contributed by atoms with van der Waals surface area (Å²) in [7, 11) is 0. The number of benzene rings is 2. The second-order valence-electron chi connectivity index (χ2n) is 9.27. The minimum atomic E-state index is 0.296. The Labute approximate surface area is 178 Å². The van der Waals surface area contributed by atoms with Gasteiger partial charge in [-0.05, 0) is 61.4 Å². The summed E-state index contributed by atoms with van der Waals surface area (Å²) in [6, 6.07) is 18.5. The molecular weight excluding hydrogens is 370 g/mol. The van der Waals surface area contributed by atoms with Crippen molar-refractivity contribution in [1.82, 2.24) is 14.8 Å². The van der Waals surface area contributed by atoms with Crippen LogP contribution in [0.15, 0.2) is 48.5 Å². The van der Waals surface area contributed by atoms with Crippen molar-refractivity contribution in [3.8, 4) is 5.75 Å². The Morgan fingerprint density at radius 2 is 1.87 bits per heavy atom. The minimum absolute atomic E-state index is 0.296. The van der Waals surface area contributed by atoms with Crippen molar-refractivity contribution < 1.29 is 4.74 Å². The van der Waals surface area contributed by atoms with Crippen LogP contribution in [0.2, 0.25) is 0 Å². The van der Waals surface area contributed by atoms with E-state index >= 15 is 0 Å². The van der Waals surface area contributed by atoms with Crippen molar-refractivity contribution >= 4 is 10.9 Å². The van der Waals surface area contributed by atoms with E-state index in [1.54, 1.807) is 0 Å². The molecule has 4 nitrogen and oxygen atoms in total. The van der Waals surface area contributed by atoms with Crippen LogP contribution < -0.4 is 4.74 Å². The number of piperazine rings is 1. The lowest BCUT2D eigenvalue weighted by Gasteiger charge is -2.48. The summed E-state index contributed by atoms with van der Waals surface area (Å²) in [5, 5.41) is 1.41. The third-order valence-corrected chi connectivity index (χ3v) is 7.22. The molecule has 2 aromatic carbocycles. The van der Waals surface area contributed by atoms with E-state index in [2.05, 4.69) is 63.3 Å². The molecule has 2 aliphatic heterocycles. The molecule has 0 radical (unpaired) electrons. The van der Waals surface area contributed by atoms with Crippen LogP contribution in [0.25, 0.3) is 10.9 Å². The van der Waals surface area contributed by atoms with Gasteiger partial charge < -0.3 is 14.6 Å². The first-order valence-corrected chi connectivity index (χ1v) is 11.6. The zero-order chi connectivity index (χ0) is 20.1. The molecular formula is C26H31N3O. The lowest BCUT2D eigenvalue weighted by molar-refractivity contribution is 0.0404. The first-order valence-electron chi connectivity index (χ1n) is 11.6. The van der Waals surface area contributed by atoms with E-state index in [4.69, 9.17) is 4.74 Å². The molecule has 156 valence electrons. The monoisotopic (exact) mass is 401 g/mol. The van der Waals surface area contributed by atoms with Gasteiger partial charge in [-0.15, -0.1) is 0 Å². The molecule has 3 aromatic rings. The van der Waals surface area contributed by atoms with Gasteiger partial charge in [-0.1, -0.05) is 30.3 Å². The van der Waals surface area contributed by atoms with Crippen LogP contribution in [0.1, 0.15) is 42.6 Å². The molecule has 1 N–H and O–H groups in total. The summed E-state index contributed by atoms with van der Waals surface area (Å²) in [5.41, 5.74) is 5.56. The standard InChI is InChI=1S/C26H31N3O/c1-2-30-21-11-9-19(10-12-21)26-25-23(22-5-3-4-6-24(22)27-25)15-20-17-28(13-14-29(20)26)16-18-7-8-18/h3-6,9-12,18,20,26-27H,2,7-8,13-17H2,1H3/t20-,26+/m1/s1. The number of hydrogen-bond donors (Lipinski definition) is 1. The quantitative estimate of drug-likeness (QED) is 0.678. The van der Waals surface area contributed by atoms with E-state index in [1.165, 1.54) is 60.2 Å². The Morgan fingerprint density at radius 3 is 2.67 bits per heavy atom. The molecule has 1 saturated carbocycles. The van der Waals surface area contributed by atoms with Gasteiger partial charge in [0.05, 0.1) is 12.6 Å². The zero-order valence-corrected chi connectivity index (χ0v) is 17.8. The fourth-order valence-corrected chi connectivity index (χ4v) is 5.63. The molecule has 0 amide bonds.